The van der Waals surface area contributed by atoms with Crippen LogP contribution >= 0.6 is 0 Å². The molecule has 0 atom stereocenters. The summed E-state index contributed by atoms with van der Waals surface area (Å²) in [6.45, 7) is 2.44. The Morgan fingerprint density at radius 1 is 0.957 bits per heavy atom. The predicted molar refractivity (Wildman–Crippen MR) is 84.1 cm³/mol. The molecule has 0 amide bonds. The summed E-state index contributed by atoms with van der Waals surface area (Å²) in [6, 6.07) is 9.90. The van der Waals surface area contributed by atoms with Crippen molar-refractivity contribution in [2.45, 2.75) is 32.8 Å². The first kappa shape index (κ1) is 16.8. The molecule has 0 fully saturated rings. The fourth-order valence-corrected chi connectivity index (χ4v) is 2.04. The highest BCUT2D eigenvalue weighted by Gasteiger charge is 2.19. The van der Waals surface area contributed by atoms with E-state index < -0.39 is 11.9 Å². The first-order valence-electron chi connectivity index (χ1n) is 7.68. The van der Waals surface area contributed by atoms with Gasteiger partial charge in [0.25, 0.3) is 0 Å². The van der Waals surface area contributed by atoms with Crippen LogP contribution in [-0.4, -0.2) is 18.5 Å². The highest BCUT2D eigenvalue weighted by atomic mass is 16.5. The molecule has 0 aliphatic carbocycles. The van der Waals surface area contributed by atoms with Gasteiger partial charge in [-0.2, -0.15) is 0 Å². The summed E-state index contributed by atoms with van der Waals surface area (Å²) in [6.07, 6.45) is 4.37. The largest absolute Gasteiger partial charge is 0.466 e. The Bertz CT molecular complexity index is 631. The van der Waals surface area contributed by atoms with E-state index in [1.54, 1.807) is 36.4 Å². The van der Waals surface area contributed by atoms with Crippen LogP contribution in [0.4, 0.5) is 0 Å². The standard InChI is InChI=1S/C18H20O5/c1-2-3-6-11-22-17(19)15-9-4-5-10-16(15)18(20)23-13-14-8-7-12-21-14/h4-5,7-10,12H,2-3,6,11,13H2,1H3. The number of esters is 2. The second kappa shape index (κ2) is 8.78. The van der Waals surface area contributed by atoms with Crippen LogP contribution in [0.2, 0.25) is 0 Å². The van der Waals surface area contributed by atoms with Gasteiger partial charge in [0.2, 0.25) is 0 Å². The van der Waals surface area contributed by atoms with Crippen LogP contribution in [0.5, 0.6) is 0 Å². The summed E-state index contributed by atoms with van der Waals surface area (Å²) in [4.78, 5) is 24.3. The van der Waals surface area contributed by atoms with Crippen LogP contribution in [0.15, 0.2) is 47.1 Å². The van der Waals surface area contributed by atoms with E-state index in [9.17, 15) is 9.59 Å². The molecule has 5 heteroatoms. The molecule has 2 aromatic rings. The molecule has 23 heavy (non-hydrogen) atoms. The molecule has 0 saturated carbocycles. The lowest BCUT2D eigenvalue weighted by Crippen LogP contribution is -2.14. The van der Waals surface area contributed by atoms with Crippen molar-refractivity contribution in [2.75, 3.05) is 6.61 Å². The molecule has 0 unspecified atom stereocenters. The minimum absolute atomic E-state index is 0.0196. The number of furan rings is 1. The van der Waals surface area contributed by atoms with Gasteiger partial charge >= 0.3 is 11.9 Å². The predicted octanol–water partition coefficient (Wildman–Crippen LogP) is 3.98. The van der Waals surface area contributed by atoms with Gasteiger partial charge in [-0.3, -0.25) is 0 Å². The molecule has 122 valence electrons. The molecule has 2 rings (SSSR count). The van der Waals surface area contributed by atoms with Crippen molar-refractivity contribution in [3.63, 3.8) is 0 Å². The van der Waals surface area contributed by atoms with Crippen molar-refractivity contribution in [3.05, 3.63) is 59.5 Å². The molecular formula is C18H20O5. The Hall–Kier alpha value is -2.56. The van der Waals surface area contributed by atoms with Crippen LogP contribution in [-0.2, 0) is 16.1 Å². The van der Waals surface area contributed by atoms with Crippen molar-refractivity contribution in [2.24, 2.45) is 0 Å². The number of carbonyl (C=O) groups excluding carboxylic acids is 2. The normalized spacial score (nSPS) is 10.3. The van der Waals surface area contributed by atoms with Crippen LogP contribution in [0, 0.1) is 0 Å². The van der Waals surface area contributed by atoms with Crippen molar-refractivity contribution in [3.8, 4) is 0 Å². The molecule has 1 aromatic heterocycles. The van der Waals surface area contributed by atoms with Crippen molar-refractivity contribution < 1.29 is 23.5 Å². The molecule has 0 N–H and O–H groups in total. The third kappa shape index (κ3) is 4.98. The topological polar surface area (TPSA) is 65.7 Å². The lowest BCUT2D eigenvalue weighted by molar-refractivity contribution is 0.0418. The molecule has 0 aliphatic rings. The maximum atomic E-state index is 12.2. The lowest BCUT2D eigenvalue weighted by atomic mass is 10.1. The Morgan fingerprint density at radius 3 is 2.26 bits per heavy atom. The molecule has 1 heterocycles. The number of hydrogen-bond acceptors (Lipinski definition) is 5. The average Bonchev–Trinajstić information content (AvgIpc) is 3.10. The van der Waals surface area contributed by atoms with E-state index in [-0.39, 0.29) is 17.7 Å². The van der Waals surface area contributed by atoms with Gasteiger partial charge < -0.3 is 13.9 Å². The van der Waals surface area contributed by atoms with E-state index in [1.165, 1.54) is 6.26 Å². The van der Waals surface area contributed by atoms with Crippen LogP contribution in [0.25, 0.3) is 0 Å². The summed E-state index contributed by atoms with van der Waals surface area (Å²) in [5, 5.41) is 0. The SMILES string of the molecule is CCCCCOC(=O)c1ccccc1C(=O)OCc1ccco1. The Kier molecular flexibility index (Phi) is 6.41. The molecule has 0 spiro atoms. The van der Waals surface area contributed by atoms with Crippen LogP contribution < -0.4 is 0 Å². The van der Waals surface area contributed by atoms with Crippen molar-refractivity contribution >= 4 is 11.9 Å². The van der Waals surface area contributed by atoms with Crippen molar-refractivity contribution in [1.82, 2.24) is 0 Å². The Labute approximate surface area is 135 Å². The van der Waals surface area contributed by atoms with Gasteiger partial charge in [-0.15, -0.1) is 0 Å². The van der Waals surface area contributed by atoms with Gasteiger partial charge in [-0.05, 0) is 30.7 Å². The summed E-state index contributed by atoms with van der Waals surface area (Å²) >= 11 is 0. The van der Waals surface area contributed by atoms with E-state index in [1.807, 2.05) is 0 Å². The summed E-state index contributed by atoms with van der Waals surface area (Å²) in [5.74, 6) is -0.549. The monoisotopic (exact) mass is 316 g/mol. The number of unbranched alkanes of at least 4 members (excludes halogenated alkanes) is 2. The van der Waals surface area contributed by atoms with Gasteiger partial charge in [-0.1, -0.05) is 31.9 Å². The number of benzene rings is 1. The average molecular weight is 316 g/mol. The number of rotatable bonds is 8. The zero-order chi connectivity index (χ0) is 16.5. The van der Waals surface area contributed by atoms with E-state index in [0.29, 0.717) is 12.4 Å². The summed E-state index contributed by atoms with van der Waals surface area (Å²) < 4.78 is 15.5. The van der Waals surface area contributed by atoms with Gasteiger partial charge in [0.05, 0.1) is 24.0 Å². The molecule has 0 radical (unpaired) electrons. The molecule has 0 bridgehead atoms. The van der Waals surface area contributed by atoms with Gasteiger partial charge in [-0.25, -0.2) is 9.59 Å². The number of ether oxygens (including phenoxy) is 2. The van der Waals surface area contributed by atoms with Crippen LogP contribution in [0.1, 0.15) is 52.7 Å². The molecule has 5 nitrogen and oxygen atoms in total. The lowest BCUT2D eigenvalue weighted by Gasteiger charge is -2.09. The van der Waals surface area contributed by atoms with Gasteiger partial charge in [0, 0.05) is 0 Å². The molecule has 0 saturated heterocycles. The van der Waals surface area contributed by atoms with E-state index >= 15 is 0 Å². The third-order valence-corrected chi connectivity index (χ3v) is 3.27. The first-order valence-corrected chi connectivity index (χ1v) is 7.68. The quantitative estimate of drug-likeness (QED) is 0.544. The van der Waals surface area contributed by atoms with Gasteiger partial charge in [0.15, 0.2) is 0 Å². The van der Waals surface area contributed by atoms with E-state index in [0.717, 1.165) is 19.3 Å². The minimum Gasteiger partial charge on any atom is -0.466 e. The molecular weight excluding hydrogens is 296 g/mol. The second-order valence-electron chi connectivity index (χ2n) is 5.04. The summed E-state index contributed by atoms with van der Waals surface area (Å²) in [7, 11) is 0. The fourth-order valence-electron chi connectivity index (χ4n) is 2.04. The smallest absolute Gasteiger partial charge is 0.339 e. The summed E-state index contributed by atoms with van der Waals surface area (Å²) in [5.41, 5.74) is 0.410. The number of hydrogen-bond donors (Lipinski definition) is 0. The van der Waals surface area contributed by atoms with Crippen molar-refractivity contribution in [1.29, 1.82) is 0 Å². The molecule has 0 aliphatic heterocycles. The highest BCUT2D eigenvalue weighted by Crippen LogP contribution is 2.14. The number of carbonyl (C=O) groups is 2. The van der Waals surface area contributed by atoms with E-state index in [2.05, 4.69) is 6.92 Å². The maximum Gasteiger partial charge on any atom is 0.339 e. The Balaban J connectivity index is 1.98. The van der Waals surface area contributed by atoms with Crippen LogP contribution in [0.3, 0.4) is 0 Å². The Morgan fingerprint density at radius 2 is 1.65 bits per heavy atom. The minimum atomic E-state index is -0.581. The maximum absolute atomic E-state index is 12.2. The third-order valence-electron chi connectivity index (χ3n) is 3.27. The first-order chi connectivity index (χ1) is 11.2. The van der Waals surface area contributed by atoms with E-state index in [4.69, 9.17) is 13.9 Å². The molecule has 1 aromatic carbocycles. The second-order valence-corrected chi connectivity index (χ2v) is 5.04. The van der Waals surface area contributed by atoms with Gasteiger partial charge in [0.1, 0.15) is 12.4 Å². The highest BCUT2D eigenvalue weighted by molar-refractivity contribution is 6.03. The zero-order valence-electron chi connectivity index (χ0n) is 13.1. The zero-order valence-corrected chi connectivity index (χ0v) is 13.1. The fraction of sp³-hybridized carbons (Fsp3) is 0.333.